The Bertz CT molecular complexity index is 185. The lowest BCUT2D eigenvalue weighted by Crippen LogP contribution is -2.42. The van der Waals surface area contributed by atoms with Crippen LogP contribution in [0.2, 0.25) is 0 Å². The zero-order chi connectivity index (χ0) is 11.4. The van der Waals surface area contributed by atoms with Gasteiger partial charge >= 0.3 is 0 Å². The second-order valence-corrected chi connectivity index (χ2v) is 4.58. The Hall–Kier alpha value is 0.570. The molecule has 0 aromatic rings. The Labute approximate surface area is 106 Å². The predicted molar refractivity (Wildman–Crippen MR) is 66.7 cm³/mol. The highest BCUT2D eigenvalue weighted by molar-refractivity contribution is 14.1. The van der Waals surface area contributed by atoms with Gasteiger partial charge in [0.05, 0.1) is 18.8 Å². The molecule has 0 aromatic heterocycles. The van der Waals surface area contributed by atoms with Gasteiger partial charge in [-0.15, -0.1) is 0 Å². The van der Waals surface area contributed by atoms with E-state index in [0.29, 0.717) is 0 Å². The van der Waals surface area contributed by atoms with Crippen molar-refractivity contribution in [3.63, 3.8) is 0 Å². The first kappa shape index (κ1) is 13.6. The lowest BCUT2D eigenvalue weighted by atomic mass is 9.83. The summed E-state index contributed by atoms with van der Waals surface area (Å²) in [5, 5.41) is 0. The van der Waals surface area contributed by atoms with Crippen molar-refractivity contribution in [1.29, 1.82) is 0 Å². The van der Waals surface area contributed by atoms with Crippen LogP contribution in [-0.4, -0.2) is 31.6 Å². The summed E-state index contributed by atoms with van der Waals surface area (Å²) >= 11 is 1.99. The molecule has 0 aromatic carbocycles. The molecule has 0 radical (unpaired) electrons. The smallest absolute Gasteiger partial charge is 0.168 e. The average molecular weight is 329 g/mol. The number of hydrogen-bond donors (Lipinski definition) is 1. The van der Waals surface area contributed by atoms with Crippen molar-refractivity contribution >= 4 is 23.0 Å². The number of halogens is 1. The molecule has 0 unspecified atom stereocenters. The number of rotatable bonds is 1. The molecule has 2 fully saturated rings. The summed E-state index contributed by atoms with van der Waals surface area (Å²) in [4.78, 5) is 0. The number of ether oxygens (including phenoxy) is 2. The van der Waals surface area contributed by atoms with Crippen LogP contribution in [0.1, 0.15) is 32.6 Å². The first-order valence-corrected chi connectivity index (χ1v) is 6.22. The Morgan fingerprint density at radius 1 is 1.07 bits per heavy atom. The molecule has 0 bridgehead atoms. The van der Waals surface area contributed by atoms with Crippen molar-refractivity contribution in [3.05, 3.63) is 0 Å². The topological polar surface area (TPSA) is 53.7 Å². The van der Waals surface area contributed by atoms with Crippen molar-refractivity contribution in [1.82, 2.24) is 0 Å². The maximum Gasteiger partial charge on any atom is 0.168 e. The highest BCUT2D eigenvalue weighted by Crippen LogP contribution is 2.42. The fraction of sp³-hybridized carbons (Fsp3) is 1.00. The summed E-state index contributed by atoms with van der Waals surface area (Å²) in [7, 11) is 1.50. The van der Waals surface area contributed by atoms with Gasteiger partial charge in [0.2, 0.25) is 0 Å². The van der Waals surface area contributed by atoms with Gasteiger partial charge in [0.25, 0.3) is 0 Å². The van der Waals surface area contributed by atoms with Crippen LogP contribution in [0.15, 0.2) is 0 Å². The predicted octanol–water partition coefficient (Wildman–Crippen LogP) is 2.00. The van der Waals surface area contributed by atoms with E-state index in [1.165, 1.54) is 7.05 Å². The summed E-state index contributed by atoms with van der Waals surface area (Å²) in [5.74, 6) is -0.255. The lowest BCUT2D eigenvalue weighted by molar-refractivity contribution is -0.193. The zero-order valence-corrected chi connectivity index (χ0v) is 11.6. The molecule has 1 spiro atoms. The SMILES string of the molecule is CC1(OI)CCC2(CC1)OCCO2.CN. The van der Waals surface area contributed by atoms with E-state index in [-0.39, 0.29) is 11.4 Å². The highest BCUT2D eigenvalue weighted by Gasteiger charge is 2.44. The minimum absolute atomic E-state index is 0.0289. The molecule has 1 aliphatic heterocycles. The third kappa shape index (κ3) is 3.26. The number of nitrogens with two attached hydrogens (primary N) is 1. The standard InChI is InChI=1S/C9H15IO3.CH5N/c1-8(13-10)2-4-9(5-3-8)11-6-7-12-9;1-2/h2-7H2,1H3;2H2,1H3. The molecule has 0 atom stereocenters. The first-order valence-electron chi connectivity index (χ1n) is 5.34. The summed E-state index contributed by atoms with van der Waals surface area (Å²) in [6, 6.07) is 0. The molecule has 1 heterocycles. The summed E-state index contributed by atoms with van der Waals surface area (Å²) in [6.45, 7) is 3.66. The largest absolute Gasteiger partial charge is 0.348 e. The van der Waals surface area contributed by atoms with Gasteiger partial charge in [0.1, 0.15) is 23.0 Å². The van der Waals surface area contributed by atoms with E-state index in [0.717, 1.165) is 38.9 Å². The molecule has 2 aliphatic rings. The Kier molecular flexibility index (Phi) is 5.24. The number of hydrogen-bond acceptors (Lipinski definition) is 4. The van der Waals surface area contributed by atoms with E-state index in [1.54, 1.807) is 0 Å². The third-order valence-electron chi connectivity index (χ3n) is 3.07. The summed E-state index contributed by atoms with van der Waals surface area (Å²) in [6.07, 6.45) is 3.98. The van der Waals surface area contributed by atoms with Gasteiger partial charge in [-0.3, -0.25) is 0 Å². The van der Waals surface area contributed by atoms with E-state index < -0.39 is 0 Å². The molecule has 1 saturated heterocycles. The lowest BCUT2D eigenvalue weighted by Gasteiger charge is -2.39. The van der Waals surface area contributed by atoms with Gasteiger partial charge in [-0.25, -0.2) is 0 Å². The van der Waals surface area contributed by atoms with E-state index >= 15 is 0 Å². The molecule has 2 N–H and O–H groups in total. The molecule has 1 aliphatic carbocycles. The van der Waals surface area contributed by atoms with Crippen LogP contribution in [-0.2, 0) is 12.5 Å². The van der Waals surface area contributed by atoms with Gasteiger partial charge in [0, 0.05) is 12.8 Å². The molecular weight excluding hydrogens is 309 g/mol. The van der Waals surface area contributed by atoms with Gasteiger partial charge in [-0.1, -0.05) is 0 Å². The Morgan fingerprint density at radius 2 is 1.53 bits per heavy atom. The van der Waals surface area contributed by atoms with Crippen LogP contribution in [0.4, 0.5) is 0 Å². The molecule has 0 amide bonds. The zero-order valence-electron chi connectivity index (χ0n) is 9.42. The van der Waals surface area contributed by atoms with Crippen molar-refractivity contribution in [2.24, 2.45) is 5.73 Å². The normalized spacial score (nSPS) is 27.2. The minimum atomic E-state index is -0.255. The first-order chi connectivity index (χ1) is 7.18. The van der Waals surface area contributed by atoms with Gasteiger partial charge in [-0.2, -0.15) is 0 Å². The molecule has 90 valence electrons. The molecule has 15 heavy (non-hydrogen) atoms. The monoisotopic (exact) mass is 329 g/mol. The van der Waals surface area contributed by atoms with Crippen LogP contribution in [0.3, 0.4) is 0 Å². The van der Waals surface area contributed by atoms with Gasteiger partial charge in [-0.05, 0) is 26.8 Å². The molecule has 2 rings (SSSR count). The Morgan fingerprint density at radius 3 is 1.93 bits per heavy atom. The van der Waals surface area contributed by atoms with Crippen molar-refractivity contribution < 1.29 is 12.5 Å². The van der Waals surface area contributed by atoms with Crippen LogP contribution in [0.5, 0.6) is 0 Å². The van der Waals surface area contributed by atoms with Gasteiger partial charge < -0.3 is 18.3 Å². The quantitative estimate of drug-likeness (QED) is 0.748. The highest BCUT2D eigenvalue weighted by atomic mass is 127. The van der Waals surface area contributed by atoms with Crippen LogP contribution < -0.4 is 5.73 Å². The second-order valence-electron chi connectivity index (χ2n) is 4.13. The molecule has 5 heteroatoms. The van der Waals surface area contributed by atoms with E-state index in [4.69, 9.17) is 12.5 Å². The van der Waals surface area contributed by atoms with Crippen LogP contribution in [0, 0.1) is 0 Å². The maximum atomic E-state index is 5.64. The van der Waals surface area contributed by atoms with Crippen LogP contribution in [0.25, 0.3) is 0 Å². The fourth-order valence-corrected chi connectivity index (χ4v) is 2.46. The van der Waals surface area contributed by atoms with E-state index in [1.807, 2.05) is 23.0 Å². The minimum Gasteiger partial charge on any atom is -0.348 e. The maximum absolute atomic E-state index is 5.64. The summed E-state index contributed by atoms with van der Waals surface area (Å²) in [5.41, 5.74) is 4.53. The van der Waals surface area contributed by atoms with Crippen molar-refractivity contribution in [2.45, 2.75) is 44.0 Å². The van der Waals surface area contributed by atoms with E-state index in [9.17, 15) is 0 Å². The average Bonchev–Trinajstić information content (AvgIpc) is 2.75. The summed E-state index contributed by atoms with van der Waals surface area (Å²) < 4.78 is 16.7. The van der Waals surface area contributed by atoms with Crippen molar-refractivity contribution in [2.75, 3.05) is 20.3 Å². The molecule has 1 saturated carbocycles. The third-order valence-corrected chi connectivity index (χ3v) is 4.13. The Balaban J connectivity index is 0.000000531. The molecular formula is C10H20INO3. The fourth-order valence-electron chi connectivity index (χ4n) is 2.02. The second kappa shape index (κ2) is 5.77. The van der Waals surface area contributed by atoms with Crippen LogP contribution >= 0.6 is 23.0 Å². The van der Waals surface area contributed by atoms with Crippen molar-refractivity contribution in [3.8, 4) is 0 Å². The van der Waals surface area contributed by atoms with E-state index in [2.05, 4.69) is 12.7 Å². The van der Waals surface area contributed by atoms with Gasteiger partial charge in [0.15, 0.2) is 5.79 Å². The molecule has 4 nitrogen and oxygen atoms in total.